The third-order valence-corrected chi connectivity index (χ3v) is 5.23. The summed E-state index contributed by atoms with van der Waals surface area (Å²) >= 11 is 2.19. The van der Waals surface area contributed by atoms with Gasteiger partial charge in [0.15, 0.2) is 0 Å². The minimum atomic E-state index is -1.000. The number of nitrogens with zero attached hydrogens (tertiary/aromatic N) is 3. The van der Waals surface area contributed by atoms with Crippen molar-refractivity contribution in [3.63, 3.8) is 0 Å². The molecule has 1 saturated heterocycles. The van der Waals surface area contributed by atoms with Gasteiger partial charge in [0.2, 0.25) is 0 Å². The minimum absolute atomic E-state index is 0.315. The molecule has 2 unspecified atom stereocenters. The second-order valence-electron chi connectivity index (χ2n) is 5.74. The SMILES string of the molecule is C[S+]([O-])NCC1CCCN(c2ncnc3cc(Br)c(F)cc23)C1. The van der Waals surface area contributed by atoms with Gasteiger partial charge in [0.25, 0.3) is 0 Å². The van der Waals surface area contributed by atoms with Crippen molar-refractivity contribution in [1.82, 2.24) is 14.7 Å². The quantitative estimate of drug-likeness (QED) is 0.799. The van der Waals surface area contributed by atoms with E-state index in [1.807, 2.05) is 0 Å². The van der Waals surface area contributed by atoms with Gasteiger partial charge in [-0.1, -0.05) is 0 Å². The van der Waals surface area contributed by atoms with Crippen LogP contribution in [-0.2, 0) is 11.4 Å². The normalized spacial score (nSPS) is 20.0. The first kappa shape index (κ1) is 16.9. The number of halogens is 2. The molecule has 0 radical (unpaired) electrons. The van der Waals surface area contributed by atoms with E-state index in [0.717, 1.165) is 42.7 Å². The highest BCUT2D eigenvalue weighted by Crippen LogP contribution is 2.30. The van der Waals surface area contributed by atoms with Gasteiger partial charge < -0.3 is 9.45 Å². The van der Waals surface area contributed by atoms with Crippen LogP contribution in [0.5, 0.6) is 0 Å². The molecule has 1 N–H and O–H groups in total. The summed E-state index contributed by atoms with van der Waals surface area (Å²) in [7, 11) is 0. The number of hydrogen-bond acceptors (Lipinski definition) is 5. The minimum Gasteiger partial charge on any atom is -0.598 e. The van der Waals surface area contributed by atoms with Crippen molar-refractivity contribution in [1.29, 1.82) is 0 Å². The Bertz CT molecular complexity index is 702. The zero-order valence-corrected chi connectivity index (χ0v) is 15.2. The second kappa shape index (κ2) is 7.29. The van der Waals surface area contributed by atoms with Crippen LogP contribution in [0.15, 0.2) is 22.9 Å². The summed E-state index contributed by atoms with van der Waals surface area (Å²) in [5.41, 5.74) is 0.721. The lowest BCUT2D eigenvalue weighted by atomic mass is 9.98. The monoisotopic (exact) mass is 400 g/mol. The van der Waals surface area contributed by atoms with Gasteiger partial charge in [-0.3, -0.25) is 0 Å². The summed E-state index contributed by atoms with van der Waals surface area (Å²) < 4.78 is 28.5. The van der Waals surface area contributed by atoms with Gasteiger partial charge in [-0.05, 0) is 46.8 Å². The maximum absolute atomic E-state index is 13.9. The van der Waals surface area contributed by atoms with Crippen LogP contribution >= 0.6 is 15.9 Å². The first-order valence-electron chi connectivity index (χ1n) is 7.46. The van der Waals surface area contributed by atoms with Crippen LogP contribution in [0.1, 0.15) is 12.8 Å². The highest BCUT2D eigenvalue weighted by atomic mass is 79.9. The van der Waals surface area contributed by atoms with E-state index in [0.29, 0.717) is 16.9 Å². The number of anilines is 1. The van der Waals surface area contributed by atoms with Crippen molar-refractivity contribution < 1.29 is 8.94 Å². The summed E-state index contributed by atoms with van der Waals surface area (Å²) in [6, 6.07) is 3.16. The van der Waals surface area contributed by atoms with Crippen LogP contribution < -0.4 is 9.62 Å². The number of piperidine rings is 1. The molecule has 1 aromatic carbocycles. The summed E-state index contributed by atoms with van der Waals surface area (Å²) in [5, 5.41) is 0.723. The molecule has 5 nitrogen and oxygen atoms in total. The standard InChI is InChI=1S/C15H18BrFN4OS/c1-23(22)20-7-10-3-2-4-21(8-10)15-11-5-13(17)12(16)6-14(11)18-9-19-15/h5-6,9-10,20H,2-4,7-8H2,1H3. The molecule has 1 fully saturated rings. The smallest absolute Gasteiger partial charge is 0.139 e. The van der Waals surface area contributed by atoms with Crippen molar-refractivity contribution in [3.05, 3.63) is 28.7 Å². The number of aromatic nitrogens is 2. The molecular weight excluding hydrogens is 383 g/mol. The van der Waals surface area contributed by atoms with E-state index in [-0.39, 0.29) is 5.82 Å². The molecule has 2 aromatic rings. The maximum atomic E-state index is 13.9. The lowest BCUT2D eigenvalue weighted by Crippen LogP contribution is -2.41. The van der Waals surface area contributed by atoms with Gasteiger partial charge in [-0.2, -0.15) is 0 Å². The van der Waals surface area contributed by atoms with Gasteiger partial charge in [-0.15, -0.1) is 4.72 Å². The number of benzene rings is 1. The predicted molar refractivity (Wildman–Crippen MR) is 94.2 cm³/mol. The fourth-order valence-electron chi connectivity index (χ4n) is 2.95. The molecule has 1 aromatic heterocycles. The molecule has 0 spiro atoms. The Labute approximate surface area is 146 Å². The van der Waals surface area contributed by atoms with Gasteiger partial charge in [0.1, 0.15) is 24.2 Å². The van der Waals surface area contributed by atoms with E-state index < -0.39 is 11.4 Å². The highest BCUT2D eigenvalue weighted by Gasteiger charge is 2.23. The molecule has 8 heteroatoms. The Morgan fingerprint density at radius 1 is 1.48 bits per heavy atom. The molecule has 1 aliphatic heterocycles. The zero-order valence-electron chi connectivity index (χ0n) is 12.8. The summed E-state index contributed by atoms with van der Waals surface area (Å²) in [6.45, 7) is 2.41. The van der Waals surface area contributed by atoms with Gasteiger partial charge in [0.05, 0.1) is 9.99 Å². The molecule has 0 amide bonds. The molecule has 3 rings (SSSR count). The first-order chi connectivity index (χ1) is 11.0. The van der Waals surface area contributed by atoms with Crippen LogP contribution in [0.25, 0.3) is 10.9 Å². The fraction of sp³-hybridized carbons (Fsp3) is 0.467. The lowest BCUT2D eigenvalue weighted by molar-refractivity contribution is 0.410. The predicted octanol–water partition coefficient (Wildman–Crippen LogP) is 2.63. The van der Waals surface area contributed by atoms with E-state index >= 15 is 0 Å². The third kappa shape index (κ3) is 3.93. The zero-order chi connectivity index (χ0) is 16.4. The molecule has 2 atom stereocenters. The van der Waals surface area contributed by atoms with Crippen LogP contribution in [0, 0.1) is 11.7 Å². The Morgan fingerprint density at radius 3 is 3.09 bits per heavy atom. The topological polar surface area (TPSA) is 64.1 Å². The van der Waals surface area contributed by atoms with Gasteiger partial charge in [-0.25, -0.2) is 14.4 Å². The van der Waals surface area contributed by atoms with Gasteiger partial charge >= 0.3 is 0 Å². The molecule has 2 heterocycles. The second-order valence-corrected chi connectivity index (χ2v) is 7.79. The highest BCUT2D eigenvalue weighted by molar-refractivity contribution is 9.10. The van der Waals surface area contributed by atoms with E-state index in [9.17, 15) is 8.94 Å². The van der Waals surface area contributed by atoms with Crippen LogP contribution in [-0.4, -0.2) is 40.4 Å². The molecule has 124 valence electrons. The average Bonchev–Trinajstić information content (AvgIpc) is 2.54. The third-order valence-electron chi connectivity index (χ3n) is 4.05. The number of hydrogen-bond donors (Lipinski definition) is 1. The van der Waals surface area contributed by atoms with E-state index in [1.54, 1.807) is 12.3 Å². The van der Waals surface area contributed by atoms with E-state index in [1.165, 1.54) is 12.4 Å². The largest absolute Gasteiger partial charge is 0.598 e. The molecule has 1 aliphatic rings. The van der Waals surface area contributed by atoms with Crippen molar-refractivity contribution in [2.75, 3.05) is 30.8 Å². The molecular formula is C15H18BrFN4OS. The molecule has 0 bridgehead atoms. The number of rotatable bonds is 4. The lowest BCUT2D eigenvalue weighted by Gasteiger charge is -2.34. The summed E-state index contributed by atoms with van der Waals surface area (Å²) in [5.74, 6) is 0.854. The number of nitrogens with one attached hydrogen (secondary N) is 1. The van der Waals surface area contributed by atoms with E-state index in [4.69, 9.17) is 0 Å². The maximum Gasteiger partial charge on any atom is 0.139 e. The van der Waals surface area contributed by atoms with Crippen molar-refractivity contribution in [2.45, 2.75) is 12.8 Å². The van der Waals surface area contributed by atoms with Crippen molar-refractivity contribution >= 4 is 44.0 Å². The van der Waals surface area contributed by atoms with Crippen molar-refractivity contribution in [2.24, 2.45) is 5.92 Å². The van der Waals surface area contributed by atoms with Crippen LogP contribution in [0.3, 0.4) is 0 Å². The fourth-order valence-corrected chi connectivity index (χ4v) is 3.75. The molecule has 0 saturated carbocycles. The summed E-state index contributed by atoms with van der Waals surface area (Å²) in [6.07, 6.45) is 5.28. The Kier molecular flexibility index (Phi) is 5.35. The first-order valence-corrected chi connectivity index (χ1v) is 9.81. The van der Waals surface area contributed by atoms with Crippen molar-refractivity contribution in [3.8, 4) is 0 Å². The average molecular weight is 401 g/mol. The van der Waals surface area contributed by atoms with Crippen LogP contribution in [0.4, 0.5) is 10.2 Å². The Balaban J connectivity index is 1.86. The Hall–Kier alpha value is -0.960. The Morgan fingerprint density at radius 2 is 2.30 bits per heavy atom. The van der Waals surface area contributed by atoms with E-state index in [2.05, 4.69) is 35.5 Å². The van der Waals surface area contributed by atoms with Crippen LogP contribution in [0.2, 0.25) is 0 Å². The molecule has 0 aliphatic carbocycles. The number of fused-ring (bicyclic) bond motifs is 1. The summed E-state index contributed by atoms with van der Waals surface area (Å²) in [4.78, 5) is 10.8. The molecule has 23 heavy (non-hydrogen) atoms. The van der Waals surface area contributed by atoms with Gasteiger partial charge in [0, 0.05) is 36.4 Å².